The summed E-state index contributed by atoms with van der Waals surface area (Å²) in [4.78, 5) is 12.6. The molecular formula is C19H21N5O4S. The zero-order valence-electron chi connectivity index (χ0n) is 16.1. The van der Waals surface area contributed by atoms with Crippen LogP contribution < -0.4 is 4.74 Å². The molecule has 29 heavy (non-hydrogen) atoms. The third kappa shape index (κ3) is 3.99. The highest BCUT2D eigenvalue weighted by Crippen LogP contribution is 2.32. The summed E-state index contributed by atoms with van der Waals surface area (Å²) in [6, 6.07) is 7.32. The van der Waals surface area contributed by atoms with E-state index in [9.17, 15) is 8.42 Å². The first-order valence-electron chi connectivity index (χ1n) is 9.30. The van der Waals surface area contributed by atoms with Gasteiger partial charge in [-0.05, 0) is 32.4 Å². The Kier molecular flexibility index (Phi) is 5.29. The maximum atomic E-state index is 12.4. The predicted molar refractivity (Wildman–Crippen MR) is 105 cm³/mol. The fourth-order valence-corrected chi connectivity index (χ4v) is 4.43. The second-order valence-electron chi connectivity index (χ2n) is 6.99. The molecule has 9 nitrogen and oxygen atoms in total. The molecule has 1 saturated heterocycles. The molecule has 0 amide bonds. The Bertz CT molecular complexity index is 1080. The van der Waals surface area contributed by atoms with E-state index in [0.29, 0.717) is 48.2 Å². The molecule has 1 unspecified atom stereocenters. The third-order valence-electron chi connectivity index (χ3n) is 4.69. The molecule has 0 N–H and O–H groups in total. The molecule has 3 aromatic rings. The Hall–Kier alpha value is -2.85. The number of hydrogen-bond donors (Lipinski definition) is 0. The van der Waals surface area contributed by atoms with Crippen LogP contribution in [0.5, 0.6) is 5.75 Å². The average Bonchev–Trinajstić information content (AvgIpc) is 3.39. The molecular weight excluding hydrogens is 394 g/mol. The summed E-state index contributed by atoms with van der Waals surface area (Å²) in [5.41, 5.74) is 1.14. The van der Waals surface area contributed by atoms with E-state index in [-0.39, 0.29) is 6.10 Å². The molecule has 0 spiro atoms. The number of sulfonamides is 1. The Balaban J connectivity index is 1.54. The highest BCUT2D eigenvalue weighted by Gasteiger charge is 2.34. The minimum Gasteiger partial charge on any atom is -0.488 e. The van der Waals surface area contributed by atoms with Crippen LogP contribution in [0.15, 0.2) is 47.4 Å². The van der Waals surface area contributed by atoms with Crippen molar-refractivity contribution in [2.75, 3.05) is 13.1 Å². The SMILES string of the molecule is CC(C)S(=O)(=O)N1CCC(Oc2ccccc2-c2nc(-c3cnccn3)no2)C1. The first-order valence-corrected chi connectivity index (χ1v) is 10.8. The molecule has 3 heterocycles. The number of para-hydroxylation sites is 1. The van der Waals surface area contributed by atoms with Gasteiger partial charge in [-0.2, -0.15) is 9.29 Å². The maximum absolute atomic E-state index is 12.4. The summed E-state index contributed by atoms with van der Waals surface area (Å²) in [5, 5.41) is 3.52. The van der Waals surface area contributed by atoms with Gasteiger partial charge in [-0.1, -0.05) is 17.3 Å². The molecule has 2 aromatic heterocycles. The molecule has 1 aliphatic rings. The van der Waals surface area contributed by atoms with E-state index < -0.39 is 15.3 Å². The van der Waals surface area contributed by atoms with Crippen LogP contribution in [0.4, 0.5) is 0 Å². The first-order chi connectivity index (χ1) is 13.9. The zero-order valence-corrected chi connectivity index (χ0v) is 16.9. The van der Waals surface area contributed by atoms with Gasteiger partial charge >= 0.3 is 0 Å². The lowest BCUT2D eigenvalue weighted by molar-refractivity contribution is 0.215. The minimum atomic E-state index is -3.29. The van der Waals surface area contributed by atoms with E-state index in [2.05, 4.69) is 20.1 Å². The van der Waals surface area contributed by atoms with Crippen molar-refractivity contribution < 1.29 is 17.7 Å². The van der Waals surface area contributed by atoms with Crippen molar-refractivity contribution in [2.24, 2.45) is 0 Å². The zero-order chi connectivity index (χ0) is 20.4. The number of hydrogen-bond acceptors (Lipinski definition) is 8. The fraction of sp³-hybridized carbons (Fsp3) is 0.368. The lowest BCUT2D eigenvalue weighted by Gasteiger charge is -2.19. The van der Waals surface area contributed by atoms with Crippen molar-refractivity contribution in [3.63, 3.8) is 0 Å². The van der Waals surface area contributed by atoms with Crippen LogP contribution in [0.25, 0.3) is 23.0 Å². The summed E-state index contributed by atoms with van der Waals surface area (Å²) in [5.74, 6) is 1.19. The van der Waals surface area contributed by atoms with Crippen molar-refractivity contribution in [3.8, 4) is 28.7 Å². The molecule has 0 saturated carbocycles. The van der Waals surface area contributed by atoms with Crippen molar-refractivity contribution in [1.82, 2.24) is 24.4 Å². The van der Waals surface area contributed by atoms with Crippen molar-refractivity contribution in [2.45, 2.75) is 31.6 Å². The third-order valence-corrected chi connectivity index (χ3v) is 6.94. The van der Waals surface area contributed by atoms with Crippen LogP contribution >= 0.6 is 0 Å². The van der Waals surface area contributed by atoms with Gasteiger partial charge in [0, 0.05) is 18.9 Å². The minimum absolute atomic E-state index is 0.243. The molecule has 1 atom stereocenters. The van der Waals surface area contributed by atoms with Crippen LogP contribution in [0.1, 0.15) is 20.3 Å². The van der Waals surface area contributed by atoms with Crippen LogP contribution in [0.2, 0.25) is 0 Å². The van der Waals surface area contributed by atoms with Crippen molar-refractivity contribution in [1.29, 1.82) is 0 Å². The number of rotatable bonds is 6. The van der Waals surface area contributed by atoms with Gasteiger partial charge in [-0.25, -0.2) is 13.4 Å². The molecule has 0 aliphatic carbocycles. The highest BCUT2D eigenvalue weighted by molar-refractivity contribution is 7.89. The van der Waals surface area contributed by atoms with E-state index in [0.717, 1.165) is 0 Å². The summed E-state index contributed by atoms with van der Waals surface area (Å²) >= 11 is 0. The van der Waals surface area contributed by atoms with Crippen LogP contribution in [0.3, 0.4) is 0 Å². The van der Waals surface area contributed by atoms with Gasteiger partial charge in [0.2, 0.25) is 15.8 Å². The van der Waals surface area contributed by atoms with Gasteiger partial charge in [0.25, 0.3) is 5.89 Å². The van der Waals surface area contributed by atoms with E-state index in [1.54, 1.807) is 38.5 Å². The standard InChI is InChI=1S/C19H21N5O4S/c1-13(2)29(25,26)24-10-7-14(12-24)27-17-6-4-3-5-15(17)19-22-18(23-28-19)16-11-20-8-9-21-16/h3-6,8-9,11,13-14H,7,10,12H2,1-2H3. The maximum Gasteiger partial charge on any atom is 0.262 e. The molecule has 0 bridgehead atoms. The monoisotopic (exact) mass is 415 g/mol. The number of benzene rings is 1. The van der Waals surface area contributed by atoms with Gasteiger partial charge in [-0.15, -0.1) is 0 Å². The van der Waals surface area contributed by atoms with Crippen LogP contribution in [0, 0.1) is 0 Å². The normalized spacial score (nSPS) is 17.7. The molecule has 0 radical (unpaired) electrons. The molecule has 1 fully saturated rings. The van der Waals surface area contributed by atoms with Crippen LogP contribution in [-0.2, 0) is 10.0 Å². The van der Waals surface area contributed by atoms with E-state index in [1.807, 2.05) is 18.2 Å². The molecule has 152 valence electrons. The second-order valence-corrected chi connectivity index (χ2v) is 9.48. The van der Waals surface area contributed by atoms with Crippen molar-refractivity contribution >= 4 is 10.0 Å². The fourth-order valence-electron chi connectivity index (χ4n) is 3.10. The van der Waals surface area contributed by atoms with Gasteiger partial charge in [-0.3, -0.25) is 4.98 Å². The van der Waals surface area contributed by atoms with E-state index in [4.69, 9.17) is 9.26 Å². The van der Waals surface area contributed by atoms with Gasteiger partial charge in [0.15, 0.2) is 0 Å². The quantitative estimate of drug-likeness (QED) is 0.603. The van der Waals surface area contributed by atoms with E-state index >= 15 is 0 Å². The van der Waals surface area contributed by atoms with Gasteiger partial charge in [0.1, 0.15) is 17.5 Å². The average molecular weight is 415 g/mol. The first kappa shape index (κ1) is 19.5. The van der Waals surface area contributed by atoms with E-state index in [1.165, 1.54) is 4.31 Å². The number of nitrogens with zero attached hydrogens (tertiary/aromatic N) is 5. The second kappa shape index (κ2) is 7.88. The summed E-state index contributed by atoms with van der Waals surface area (Å²) in [7, 11) is -3.29. The smallest absolute Gasteiger partial charge is 0.262 e. The largest absolute Gasteiger partial charge is 0.488 e. The summed E-state index contributed by atoms with van der Waals surface area (Å²) < 4.78 is 37.8. The molecule has 1 aromatic carbocycles. The topological polar surface area (TPSA) is 111 Å². The Labute approximate surface area is 168 Å². The lowest BCUT2D eigenvalue weighted by atomic mass is 10.2. The predicted octanol–water partition coefficient (Wildman–Crippen LogP) is 2.38. The molecule has 1 aliphatic heterocycles. The van der Waals surface area contributed by atoms with Gasteiger partial charge < -0.3 is 9.26 Å². The van der Waals surface area contributed by atoms with Crippen LogP contribution in [-0.4, -0.2) is 57.3 Å². The van der Waals surface area contributed by atoms with Crippen molar-refractivity contribution in [3.05, 3.63) is 42.9 Å². The number of ether oxygens (including phenoxy) is 1. The summed E-state index contributed by atoms with van der Waals surface area (Å²) in [6.07, 6.45) is 5.05. The number of aromatic nitrogens is 4. The lowest BCUT2D eigenvalue weighted by Crippen LogP contribution is -2.35. The van der Waals surface area contributed by atoms with Gasteiger partial charge in [0.05, 0.1) is 23.6 Å². The molecule has 10 heteroatoms. The Morgan fingerprint density at radius 3 is 2.83 bits per heavy atom. The Morgan fingerprint density at radius 2 is 2.07 bits per heavy atom. The highest BCUT2D eigenvalue weighted by atomic mass is 32.2. The Morgan fingerprint density at radius 1 is 1.24 bits per heavy atom. The summed E-state index contributed by atoms with van der Waals surface area (Å²) in [6.45, 7) is 4.14. The molecule has 4 rings (SSSR count).